The smallest absolute Gasteiger partial charge is 0.217 e. The number of hydrogen-bond donors (Lipinski definition) is 3. The van der Waals surface area contributed by atoms with Crippen molar-refractivity contribution in [1.29, 1.82) is 0 Å². The molecule has 27 heavy (non-hydrogen) atoms. The van der Waals surface area contributed by atoms with Crippen molar-refractivity contribution in [2.24, 2.45) is 5.10 Å². The fourth-order valence-corrected chi connectivity index (χ4v) is 4.34. The standard InChI is InChI=1S/C20H16N2O4S/c23-15-8-7-12(18(24)19(15)25)20-22-14(11-4-1-2-5-16(11)26-20)10-13(21-22)17-6-3-9-27-17/h1-9,14,20,23-25H,10H2. The van der Waals surface area contributed by atoms with Gasteiger partial charge in [-0.2, -0.15) is 5.10 Å². The lowest BCUT2D eigenvalue weighted by Gasteiger charge is -2.38. The van der Waals surface area contributed by atoms with Crippen molar-refractivity contribution in [2.45, 2.75) is 18.7 Å². The monoisotopic (exact) mass is 380 g/mol. The van der Waals surface area contributed by atoms with E-state index in [-0.39, 0.29) is 11.8 Å². The van der Waals surface area contributed by atoms with E-state index in [1.807, 2.05) is 46.8 Å². The largest absolute Gasteiger partial charge is 0.504 e. The summed E-state index contributed by atoms with van der Waals surface area (Å²) in [4.78, 5) is 1.10. The van der Waals surface area contributed by atoms with E-state index >= 15 is 0 Å². The van der Waals surface area contributed by atoms with Gasteiger partial charge < -0.3 is 20.1 Å². The van der Waals surface area contributed by atoms with E-state index in [0.29, 0.717) is 5.56 Å². The van der Waals surface area contributed by atoms with Gasteiger partial charge in [-0.1, -0.05) is 24.3 Å². The Balaban J connectivity index is 1.64. The number of ether oxygens (including phenoxy) is 1. The molecule has 2 aliphatic heterocycles. The predicted octanol–water partition coefficient (Wildman–Crippen LogP) is 4.11. The number of fused-ring (bicyclic) bond motifs is 3. The van der Waals surface area contributed by atoms with Gasteiger partial charge in [-0.3, -0.25) is 0 Å². The summed E-state index contributed by atoms with van der Waals surface area (Å²) in [6, 6.07) is 14.6. The Kier molecular flexibility index (Phi) is 3.51. The number of aromatic hydroxyl groups is 3. The van der Waals surface area contributed by atoms with Crippen LogP contribution >= 0.6 is 11.3 Å². The fraction of sp³-hybridized carbons (Fsp3) is 0.150. The summed E-state index contributed by atoms with van der Waals surface area (Å²) in [5.41, 5.74) is 2.34. The zero-order valence-corrected chi connectivity index (χ0v) is 14.9. The Morgan fingerprint density at radius 1 is 0.963 bits per heavy atom. The molecule has 2 aliphatic rings. The van der Waals surface area contributed by atoms with Crippen LogP contribution in [0.25, 0.3) is 0 Å². The molecule has 136 valence electrons. The van der Waals surface area contributed by atoms with Gasteiger partial charge in [-0.25, -0.2) is 5.01 Å². The molecule has 6 nitrogen and oxygen atoms in total. The van der Waals surface area contributed by atoms with Gasteiger partial charge in [-0.15, -0.1) is 11.3 Å². The summed E-state index contributed by atoms with van der Waals surface area (Å²) in [7, 11) is 0. The molecule has 2 atom stereocenters. The number of thiophene rings is 1. The van der Waals surface area contributed by atoms with Crippen molar-refractivity contribution in [2.75, 3.05) is 0 Å². The lowest BCUT2D eigenvalue weighted by atomic mass is 9.97. The van der Waals surface area contributed by atoms with Crippen LogP contribution in [0.2, 0.25) is 0 Å². The minimum atomic E-state index is -0.714. The summed E-state index contributed by atoms with van der Waals surface area (Å²) >= 11 is 1.63. The third kappa shape index (κ3) is 2.43. The van der Waals surface area contributed by atoms with Crippen molar-refractivity contribution >= 4 is 17.0 Å². The molecule has 0 spiro atoms. The van der Waals surface area contributed by atoms with Crippen LogP contribution in [0, 0.1) is 0 Å². The highest BCUT2D eigenvalue weighted by Gasteiger charge is 2.42. The van der Waals surface area contributed by atoms with Crippen molar-refractivity contribution in [1.82, 2.24) is 5.01 Å². The zero-order valence-electron chi connectivity index (χ0n) is 14.1. The summed E-state index contributed by atoms with van der Waals surface area (Å²) in [6.45, 7) is 0. The van der Waals surface area contributed by atoms with E-state index in [1.165, 1.54) is 6.07 Å². The predicted molar refractivity (Wildman–Crippen MR) is 101 cm³/mol. The van der Waals surface area contributed by atoms with Gasteiger partial charge in [0.05, 0.1) is 22.2 Å². The lowest BCUT2D eigenvalue weighted by Crippen LogP contribution is -2.33. The molecule has 0 radical (unpaired) electrons. The van der Waals surface area contributed by atoms with E-state index < -0.39 is 17.7 Å². The molecule has 3 N–H and O–H groups in total. The summed E-state index contributed by atoms with van der Waals surface area (Å²) in [6.07, 6.45) is 0.0104. The second-order valence-electron chi connectivity index (χ2n) is 6.50. The average molecular weight is 380 g/mol. The SMILES string of the molecule is Oc1ccc(C2Oc3ccccc3C3CC(c4cccs4)=NN32)c(O)c1O. The molecule has 3 heterocycles. The van der Waals surface area contributed by atoms with Gasteiger partial charge in [0.25, 0.3) is 0 Å². The quantitative estimate of drug-likeness (QED) is 0.583. The molecule has 0 fully saturated rings. The van der Waals surface area contributed by atoms with Crippen LogP contribution in [0.4, 0.5) is 0 Å². The summed E-state index contributed by atoms with van der Waals surface area (Å²) < 4.78 is 6.14. The number of phenols is 3. The molecule has 7 heteroatoms. The number of hydrogen-bond acceptors (Lipinski definition) is 7. The van der Waals surface area contributed by atoms with Gasteiger partial charge in [-0.05, 0) is 29.6 Å². The Hall–Kier alpha value is -3.19. The fourth-order valence-electron chi connectivity index (χ4n) is 3.61. The lowest BCUT2D eigenvalue weighted by molar-refractivity contribution is -0.0205. The van der Waals surface area contributed by atoms with Crippen LogP contribution in [-0.4, -0.2) is 26.0 Å². The molecule has 0 saturated heterocycles. The van der Waals surface area contributed by atoms with Gasteiger partial charge in [0.1, 0.15) is 5.75 Å². The van der Waals surface area contributed by atoms with Crippen molar-refractivity contribution in [3.63, 3.8) is 0 Å². The Bertz CT molecular complexity index is 1050. The van der Waals surface area contributed by atoms with Crippen LogP contribution in [0.5, 0.6) is 23.0 Å². The average Bonchev–Trinajstić information content (AvgIpc) is 3.35. The Morgan fingerprint density at radius 3 is 2.63 bits per heavy atom. The van der Waals surface area contributed by atoms with E-state index in [4.69, 9.17) is 9.84 Å². The third-order valence-corrected chi connectivity index (χ3v) is 5.85. The maximum absolute atomic E-state index is 10.4. The maximum Gasteiger partial charge on any atom is 0.217 e. The number of hydrazone groups is 1. The minimum absolute atomic E-state index is 0.0348. The maximum atomic E-state index is 10.4. The molecule has 0 bridgehead atoms. The van der Waals surface area contributed by atoms with E-state index in [9.17, 15) is 15.3 Å². The van der Waals surface area contributed by atoms with Gasteiger partial charge in [0.2, 0.25) is 12.0 Å². The Labute approximate surface area is 159 Å². The van der Waals surface area contributed by atoms with Crippen LogP contribution < -0.4 is 4.74 Å². The van der Waals surface area contributed by atoms with Gasteiger partial charge in [0.15, 0.2) is 11.5 Å². The molecular weight excluding hydrogens is 364 g/mol. The molecule has 0 aliphatic carbocycles. The molecule has 1 aromatic heterocycles. The first-order chi connectivity index (χ1) is 13.1. The first kappa shape index (κ1) is 16.0. The van der Waals surface area contributed by atoms with Gasteiger partial charge in [0, 0.05) is 12.0 Å². The van der Waals surface area contributed by atoms with Crippen LogP contribution in [0.1, 0.15) is 34.7 Å². The van der Waals surface area contributed by atoms with Crippen molar-refractivity contribution in [3.8, 4) is 23.0 Å². The van der Waals surface area contributed by atoms with E-state index in [1.54, 1.807) is 17.4 Å². The summed E-state index contributed by atoms with van der Waals surface area (Å²) in [5, 5.41) is 38.6. The van der Waals surface area contributed by atoms with E-state index in [0.717, 1.165) is 28.3 Å². The topological polar surface area (TPSA) is 85.5 Å². The molecule has 3 aromatic rings. The highest BCUT2D eigenvalue weighted by molar-refractivity contribution is 7.12. The highest BCUT2D eigenvalue weighted by Crippen LogP contribution is 2.50. The first-order valence-corrected chi connectivity index (χ1v) is 9.40. The molecular formula is C20H16N2O4S. The van der Waals surface area contributed by atoms with Crippen molar-refractivity contribution in [3.05, 3.63) is 69.9 Å². The van der Waals surface area contributed by atoms with Crippen LogP contribution in [-0.2, 0) is 0 Å². The number of phenolic OH excluding ortho intramolecular Hbond substituents is 3. The van der Waals surface area contributed by atoms with E-state index in [2.05, 4.69) is 0 Å². The zero-order chi connectivity index (χ0) is 18.5. The van der Waals surface area contributed by atoms with Crippen LogP contribution in [0.3, 0.4) is 0 Å². The van der Waals surface area contributed by atoms with Gasteiger partial charge >= 0.3 is 0 Å². The number of nitrogens with zero attached hydrogens (tertiary/aromatic N) is 2. The second-order valence-corrected chi connectivity index (χ2v) is 7.45. The summed E-state index contributed by atoms with van der Waals surface area (Å²) in [5.74, 6) is -0.627. The number of rotatable bonds is 2. The molecule has 5 rings (SSSR count). The molecule has 0 saturated carbocycles. The molecule has 2 unspecified atom stereocenters. The highest BCUT2D eigenvalue weighted by atomic mass is 32.1. The minimum Gasteiger partial charge on any atom is -0.504 e. The van der Waals surface area contributed by atoms with Crippen molar-refractivity contribution < 1.29 is 20.1 Å². The molecule has 2 aromatic carbocycles. The third-order valence-electron chi connectivity index (χ3n) is 4.93. The second kappa shape index (κ2) is 5.92. The normalized spacial score (nSPS) is 20.6. The Morgan fingerprint density at radius 2 is 1.81 bits per heavy atom. The van der Waals surface area contributed by atoms with Crippen LogP contribution in [0.15, 0.2) is 59.0 Å². The first-order valence-electron chi connectivity index (χ1n) is 8.52. The number of para-hydroxylation sites is 1. The number of benzene rings is 2. The molecule has 0 amide bonds.